The van der Waals surface area contributed by atoms with E-state index in [-0.39, 0.29) is 24.3 Å². The molecule has 1 saturated heterocycles. The SMILES string of the molecule is CN1C(=O)COC1=Nc1cccc(OS(C)(=O)=O)c1. The number of hydrogen-bond donors (Lipinski definition) is 0. The van der Waals surface area contributed by atoms with Crippen molar-refractivity contribution >= 4 is 27.7 Å². The van der Waals surface area contributed by atoms with Gasteiger partial charge in [-0.05, 0) is 12.1 Å². The van der Waals surface area contributed by atoms with Gasteiger partial charge in [0.25, 0.3) is 11.9 Å². The van der Waals surface area contributed by atoms with Gasteiger partial charge < -0.3 is 8.92 Å². The summed E-state index contributed by atoms with van der Waals surface area (Å²) in [5.74, 6) is -0.0429. The molecule has 19 heavy (non-hydrogen) atoms. The van der Waals surface area contributed by atoms with Crippen molar-refractivity contribution in [1.29, 1.82) is 0 Å². The quantitative estimate of drug-likeness (QED) is 0.755. The molecule has 0 N–H and O–H groups in total. The molecule has 1 aliphatic heterocycles. The van der Waals surface area contributed by atoms with Gasteiger partial charge in [-0.3, -0.25) is 9.69 Å². The number of benzene rings is 1. The van der Waals surface area contributed by atoms with E-state index in [4.69, 9.17) is 8.92 Å². The summed E-state index contributed by atoms with van der Waals surface area (Å²) in [5.41, 5.74) is 0.428. The Morgan fingerprint density at radius 1 is 1.42 bits per heavy atom. The molecular weight excluding hydrogens is 272 g/mol. The first-order valence-electron chi connectivity index (χ1n) is 5.33. The summed E-state index contributed by atoms with van der Waals surface area (Å²) in [6, 6.07) is 6.34. The minimum Gasteiger partial charge on any atom is -0.454 e. The lowest BCUT2D eigenvalue weighted by atomic mass is 10.3. The van der Waals surface area contributed by atoms with E-state index >= 15 is 0 Å². The molecule has 0 bridgehead atoms. The third-order valence-electron chi connectivity index (χ3n) is 2.28. The first kappa shape index (κ1) is 13.3. The molecular formula is C11H12N2O5S. The molecule has 0 radical (unpaired) electrons. The maximum absolute atomic E-state index is 11.2. The third-order valence-corrected chi connectivity index (χ3v) is 2.77. The van der Waals surface area contributed by atoms with Crippen LogP contribution in [0.5, 0.6) is 5.75 Å². The molecule has 1 aromatic carbocycles. The lowest BCUT2D eigenvalue weighted by Crippen LogP contribution is -2.24. The van der Waals surface area contributed by atoms with Crippen molar-refractivity contribution < 1.29 is 22.1 Å². The van der Waals surface area contributed by atoms with E-state index in [0.29, 0.717) is 5.69 Å². The predicted octanol–water partition coefficient (Wildman–Crippen LogP) is 0.501. The van der Waals surface area contributed by atoms with Gasteiger partial charge in [0.1, 0.15) is 5.75 Å². The fourth-order valence-electron chi connectivity index (χ4n) is 1.42. The number of carbonyl (C=O) groups excluding carboxylic acids is 1. The van der Waals surface area contributed by atoms with Crippen LogP contribution in [0, 0.1) is 0 Å². The normalized spacial score (nSPS) is 17.7. The largest absolute Gasteiger partial charge is 0.454 e. The van der Waals surface area contributed by atoms with E-state index in [9.17, 15) is 13.2 Å². The second kappa shape index (κ2) is 4.88. The molecule has 0 aromatic heterocycles. The van der Waals surface area contributed by atoms with E-state index in [1.54, 1.807) is 19.2 Å². The van der Waals surface area contributed by atoms with Crippen molar-refractivity contribution in [3.05, 3.63) is 24.3 Å². The molecule has 0 saturated carbocycles. The Hall–Kier alpha value is -2.09. The van der Waals surface area contributed by atoms with Crippen molar-refractivity contribution in [3.63, 3.8) is 0 Å². The molecule has 1 aliphatic rings. The number of likely N-dealkylation sites (N-methyl/N-ethyl adjacent to an activating group) is 1. The lowest BCUT2D eigenvalue weighted by Gasteiger charge is -2.07. The highest BCUT2D eigenvalue weighted by Gasteiger charge is 2.25. The Morgan fingerprint density at radius 2 is 2.16 bits per heavy atom. The summed E-state index contributed by atoms with van der Waals surface area (Å²) in [6.07, 6.45) is 0.956. The van der Waals surface area contributed by atoms with E-state index in [2.05, 4.69) is 4.99 Å². The molecule has 1 fully saturated rings. The Bertz CT molecular complexity index is 638. The number of nitrogens with zero attached hydrogens (tertiary/aromatic N) is 2. The third kappa shape index (κ3) is 3.44. The predicted molar refractivity (Wildman–Crippen MR) is 67.7 cm³/mol. The zero-order chi connectivity index (χ0) is 14.0. The highest BCUT2D eigenvalue weighted by Crippen LogP contribution is 2.22. The number of aliphatic imine (C=N–C) groups is 1. The van der Waals surface area contributed by atoms with Crippen LogP contribution in [0.2, 0.25) is 0 Å². The zero-order valence-electron chi connectivity index (χ0n) is 10.4. The van der Waals surface area contributed by atoms with E-state index in [0.717, 1.165) is 6.26 Å². The molecule has 1 aromatic rings. The molecule has 1 amide bonds. The maximum Gasteiger partial charge on any atom is 0.306 e. The molecule has 102 valence electrons. The summed E-state index contributed by atoms with van der Waals surface area (Å²) in [5, 5.41) is 0. The highest BCUT2D eigenvalue weighted by molar-refractivity contribution is 7.86. The second-order valence-electron chi connectivity index (χ2n) is 3.92. The van der Waals surface area contributed by atoms with Gasteiger partial charge in [0.2, 0.25) is 0 Å². The Balaban J connectivity index is 2.25. The van der Waals surface area contributed by atoms with Gasteiger partial charge in [-0.1, -0.05) is 6.07 Å². The minimum atomic E-state index is -3.58. The van der Waals surface area contributed by atoms with Gasteiger partial charge in [-0.25, -0.2) is 0 Å². The van der Waals surface area contributed by atoms with Gasteiger partial charge in [0, 0.05) is 13.1 Å². The number of ether oxygens (including phenoxy) is 1. The van der Waals surface area contributed by atoms with Crippen molar-refractivity contribution in [2.45, 2.75) is 0 Å². The molecule has 0 unspecified atom stereocenters. The summed E-state index contributed by atoms with van der Waals surface area (Å²) in [6.45, 7) is -0.0468. The standard InChI is InChI=1S/C11H12N2O5S/c1-13-10(14)7-17-11(13)12-8-4-3-5-9(6-8)18-19(2,15)16/h3-6H,7H2,1-2H3. The number of carbonyl (C=O) groups is 1. The lowest BCUT2D eigenvalue weighted by molar-refractivity contribution is -0.124. The monoisotopic (exact) mass is 284 g/mol. The van der Waals surface area contributed by atoms with Crippen LogP contribution in [0.25, 0.3) is 0 Å². The van der Waals surface area contributed by atoms with Crippen LogP contribution in [0.15, 0.2) is 29.3 Å². The fraction of sp³-hybridized carbons (Fsp3) is 0.273. The smallest absolute Gasteiger partial charge is 0.306 e. The van der Waals surface area contributed by atoms with E-state index < -0.39 is 10.1 Å². The van der Waals surface area contributed by atoms with E-state index in [1.165, 1.54) is 17.0 Å². The first-order valence-corrected chi connectivity index (χ1v) is 7.14. The Morgan fingerprint density at radius 3 is 2.74 bits per heavy atom. The van der Waals surface area contributed by atoms with Crippen LogP contribution in [-0.2, 0) is 19.6 Å². The second-order valence-corrected chi connectivity index (χ2v) is 5.50. The zero-order valence-corrected chi connectivity index (χ0v) is 11.2. The Kier molecular flexibility index (Phi) is 3.43. The van der Waals surface area contributed by atoms with Crippen LogP contribution in [0.1, 0.15) is 0 Å². The first-order chi connectivity index (χ1) is 8.85. The number of amidine groups is 1. The number of hydrogen-bond acceptors (Lipinski definition) is 6. The summed E-state index contributed by atoms with van der Waals surface area (Å²) in [7, 11) is -2.04. The van der Waals surface area contributed by atoms with Gasteiger partial charge >= 0.3 is 10.1 Å². The Labute approximate surface area is 110 Å². The van der Waals surface area contributed by atoms with Crippen molar-refractivity contribution in [1.82, 2.24) is 4.90 Å². The van der Waals surface area contributed by atoms with Gasteiger partial charge in [0.05, 0.1) is 11.9 Å². The minimum absolute atomic E-state index is 0.0468. The summed E-state index contributed by atoms with van der Waals surface area (Å²) >= 11 is 0. The number of amides is 1. The van der Waals surface area contributed by atoms with Crippen LogP contribution < -0.4 is 4.18 Å². The van der Waals surface area contributed by atoms with Crippen molar-refractivity contribution in [3.8, 4) is 5.75 Å². The van der Waals surface area contributed by atoms with Crippen LogP contribution in [0.4, 0.5) is 5.69 Å². The molecule has 0 aliphatic carbocycles. The molecule has 0 atom stereocenters. The van der Waals surface area contributed by atoms with Gasteiger partial charge in [0.15, 0.2) is 6.61 Å². The highest BCUT2D eigenvalue weighted by atomic mass is 32.2. The van der Waals surface area contributed by atoms with Crippen LogP contribution in [0.3, 0.4) is 0 Å². The van der Waals surface area contributed by atoms with Crippen LogP contribution in [-0.4, -0.2) is 45.2 Å². The summed E-state index contributed by atoms with van der Waals surface area (Å²) in [4.78, 5) is 16.6. The average Bonchev–Trinajstić information content (AvgIpc) is 2.59. The average molecular weight is 284 g/mol. The van der Waals surface area contributed by atoms with E-state index in [1.807, 2.05) is 0 Å². The van der Waals surface area contributed by atoms with Gasteiger partial charge in [-0.15, -0.1) is 0 Å². The molecule has 7 nitrogen and oxygen atoms in total. The molecule has 1 heterocycles. The molecule has 0 spiro atoms. The fourth-order valence-corrected chi connectivity index (χ4v) is 1.88. The van der Waals surface area contributed by atoms with Crippen LogP contribution >= 0.6 is 0 Å². The van der Waals surface area contributed by atoms with Gasteiger partial charge in [-0.2, -0.15) is 13.4 Å². The topological polar surface area (TPSA) is 85.3 Å². The van der Waals surface area contributed by atoms with Crippen molar-refractivity contribution in [2.24, 2.45) is 4.99 Å². The number of rotatable bonds is 3. The van der Waals surface area contributed by atoms with Crippen molar-refractivity contribution in [2.75, 3.05) is 19.9 Å². The summed E-state index contributed by atoms with van der Waals surface area (Å²) < 4.78 is 31.9. The molecule has 8 heteroatoms. The maximum atomic E-state index is 11.2. The molecule has 2 rings (SSSR count).